The third-order valence-corrected chi connectivity index (χ3v) is 7.30. The third kappa shape index (κ3) is 4.55. The number of rotatable bonds is 8. The van der Waals surface area contributed by atoms with Gasteiger partial charge in [0.1, 0.15) is 41.4 Å². The summed E-state index contributed by atoms with van der Waals surface area (Å²) in [4.78, 5) is 23.5. The highest BCUT2D eigenvalue weighted by Gasteiger charge is 2.44. The van der Waals surface area contributed by atoms with Crippen LogP contribution >= 0.6 is 0 Å². The summed E-state index contributed by atoms with van der Waals surface area (Å²) in [6, 6.07) is 9.53. The summed E-state index contributed by atoms with van der Waals surface area (Å²) in [5.74, 6) is -0.0930. The second-order valence-corrected chi connectivity index (χ2v) is 9.94. The Morgan fingerprint density at radius 1 is 1.17 bits per heavy atom. The number of aliphatic hydroxyl groups excluding tert-OH is 1. The van der Waals surface area contributed by atoms with Gasteiger partial charge in [-0.15, -0.1) is 4.73 Å². The van der Waals surface area contributed by atoms with Crippen LogP contribution < -0.4 is 23.8 Å². The molecule has 0 amide bonds. The van der Waals surface area contributed by atoms with E-state index in [1.807, 2.05) is 19.1 Å². The van der Waals surface area contributed by atoms with E-state index in [0.29, 0.717) is 51.0 Å². The van der Waals surface area contributed by atoms with Gasteiger partial charge in [0, 0.05) is 40.8 Å². The predicted octanol–water partition coefficient (Wildman–Crippen LogP) is 2.59. The van der Waals surface area contributed by atoms with Gasteiger partial charge in [0.15, 0.2) is 12.7 Å². The number of nitrogens with zero attached hydrogens (tertiary/aromatic N) is 2. The van der Waals surface area contributed by atoms with E-state index in [0.717, 1.165) is 16.7 Å². The van der Waals surface area contributed by atoms with E-state index in [2.05, 4.69) is 11.7 Å². The molecule has 0 spiro atoms. The molecule has 4 heterocycles. The van der Waals surface area contributed by atoms with Crippen molar-refractivity contribution in [2.75, 3.05) is 20.3 Å². The number of hydrogen-bond acceptors (Lipinski definition) is 11. The van der Waals surface area contributed by atoms with Gasteiger partial charge in [-0.05, 0) is 36.8 Å². The summed E-state index contributed by atoms with van der Waals surface area (Å²) in [5, 5.41) is 33.8. The zero-order valence-electron chi connectivity index (χ0n) is 22.3. The number of aliphatic hydroxyl groups is 1. The Morgan fingerprint density at radius 2 is 1.95 bits per heavy atom. The van der Waals surface area contributed by atoms with E-state index in [9.17, 15) is 20.1 Å². The molecule has 214 valence electrons. The van der Waals surface area contributed by atoms with Crippen LogP contribution in [0.15, 0.2) is 53.7 Å². The van der Waals surface area contributed by atoms with Crippen molar-refractivity contribution in [2.45, 2.75) is 38.1 Å². The zero-order chi connectivity index (χ0) is 28.8. The van der Waals surface area contributed by atoms with Crippen molar-refractivity contribution >= 4 is 11.7 Å². The van der Waals surface area contributed by atoms with Gasteiger partial charge in [0.05, 0.1) is 19.6 Å². The van der Waals surface area contributed by atoms with Crippen molar-refractivity contribution in [2.24, 2.45) is 5.16 Å². The lowest BCUT2D eigenvalue weighted by molar-refractivity contribution is -0.147. The number of aromatic nitrogens is 1. The van der Waals surface area contributed by atoms with Crippen molar-refractivity contribution in [1.29, 1.82) is 0 Å². The first-order chi connectivity index (χ1) is 19.8. The van der Waals surface area contributed by atoms with Gasteiger partial charge in [0.2, 0.25) is 11.8 Å². The van der Waals surface area contributed by atoms with E-state index in [1.165, 1.54) is 19.2 Å². The molecule has 0 saturated heterocycles. The molecule has 2 unspecified atom stereocenters. The Labute approximate surface area is 234 Å². The molecule has 3 aliphatic rings. The van der Waals surface area contributed by atoms with Gasteiger partial charge in [0.25, 0.3) is 0 Å². The molecule has 41 heavy (non-hydrogen) atoms. The molecule has 1 aromatic heterocycles. The SMILES string of the molecule is C=C(C)[C@H]1Cc2c(ccc(C3=NOC4COc5cc(CO)c(OC)cc5C34)c2OCC(=O)On2c(O)ccc2O)O1. The molecule has 3 N–H and O–H groups in total. The minimum atomic E-state index is -0.870. The Bertz CT molecular complexity index is 1560. The van der Waals surface area contributed by atoms with Crippen molar-refractivity contribution < 1.29 is 48.7 Å². The van der Waals surface area contributed by atoms with Crippen molar-refractivity contribution in [3.8, 4) is 34.8 Å². The molecule has 0 radical (unpaired) electrons. The molecule has 6 rings (SSSR count). The molecule has 3 aliphatic heterocycles. The highest BCUT2D eigenvalue weighted by molar-refractivity contribution is 6.09. The van der Waals surface area contributed by atoms with E-state index < -0.39 is 30.4 Å². The maximum atomic E-state index is 12.7. The summed E-state index contributed by atoms with van der Waals surface area (Å²) < 4.78 is 24.2. The fraction of sp³-hybridized carbons (Fsp3) is 0.310. The molecular weight excluding hydrogens is 536 g/mol. The highest BCUT2D eigenvalue weighted by atomic mass is 16.7. The number of hydrogen-bond donors (Lipinski definition) is 3. The number of ether oxygens (including phenoxy) is 4. The van der Waals surface area contributed by atoms with Crippen LogP contribution in [-0.2, 0) is 22.7 Å². The first-order valence-corrected chi connectivity index (χ1v) is 12.9. The second kappa shape index (κ2) is 10.3. The van der Waals surface area contributed by atoms with E-state index in [-0.39, 0.29) is 25.2 Å². The molecule has 0 aliphatic carbocycles. The molecule has 0 saturated carbocycles. The average Bonchev–Trinajstić information content (AvgIpc) is 3.68. The maximum absolute atomic E-state index is 12.7. The number of carbonyl (C=O) groups excluding carboxylic acids is 1. The molecule has 3 atom stereocenters. The van der Waals surface area contributed by atoms with Crippen LogP contribution in [0, 0.1) is 0 Å². The van der Waals surface area contributed by atoms with Crippen LogP contribution in [0.4, 0.5) is 0 Å². The smallest absolute Gasteiger partial charge is 0.370 e. The van der Waals surface area contributed by atoms with Crippen LogP contribution in [0.25, 0.3) is 0 Å². The number of methoxy groups -OCH3 is 1. The van der Waals surface area contributed by atoms with Gasteiger partial charge < -0.3 is 43.9 Å². The number of oxime groups is 1. The van der Waals surface area contributed by atoms with E-state index in [1.54, 1.807) is 12.1 Å². The van der Waals surface area contributed by atoms with E-state index in [4.69, 9.17) is 28.6 Å². The monoisotopic (exact) mass is 564 g/mol. The third-order valence-electron chi connectivity index (χ3n) is 7.30. The molecule has 12 heteroatoms. The Hall–Kier alpha value is -4.84. The maximum Gasteiger partial charge on any atom is 0.370 e. The fourth-order valence-corrected chi connectivity index (χ4v) is 5.27. The lowest BCUT2D eigenvalue weighted by Gasteiger charge is -2.29. The largest absolute Gasteiger partial charge is 0.496 e. The van der Waals surface area contributed by atoms with Gasteiger partial charge in [-0.1, -0.05) is 11.7 Å². The quantitative estimate of drug-likeness (QED) is 0.348. The molecule has 2 aromatic carbocycles. The summed E-state index contributed by atoms with van der Waals surface area (Å²) in [6.45, 7) is 5.36. The highest BCUT2D eigenvalue weighted by Crippen LogP contribution is 2.47. The molecule has 3 aromatic rings. The number of benzene rings is 2. The molecule has 0 fully saturated rings. The Balaban J connectivity index is 1.37. The molecular formula is C29H28N2O10. The summed E-state index contributed by atoms with van der Waals surface area (Å²) in [6.07, 6.45) is -0.243. The van der Waals surface area contributed by atoms with Crippen LogP contribution in [-0.4, -0.2) is 64.3 Å². The summed E-state index contributed by atoms with van der Waals surface area (Å²) >= 11 is 0. The zero-order valence-corrected chi connectivity index (χ0v) is 22.3. The summed E-state index contributed by atoms with van der Waals surface area (Å²) in [7, 11) is 1.53. The van der Waals surface area contributed by atoms with Crippen LogP contribution in [0.2, 0.25) is 0 Å². The van der Waals surface area contributed by atoms with Gasteiger partial charge in [-0.2, -0.15) is 0 Å². The van der Waals surface area contributed by atoms with Crippen molar-refractivity contribution in [3.63, 3.8) is 0 Å². The first-order valence-electron chi connectivity index (χ1n) is 12.9. The standard InChI is InChI=1S/C29H28N2O10/c1-14(2)20-10-18-19(39-20)5-4-16(29(18)38-13-26(35)41-31-24(33)6-7-25(31)34)28-27-17-9-21(36-3)15(11-32)8-22(17)37-12-23(27)40-30-28/h4-9,20,23,27,32-34H,1,10-13H2,2-3H3/t20-,23?,27?/m1/s1. The predicted molar refractivity (Wildman–Crippen MR) is 143 cm³/mol. The first kappa shape index (κ1) is 26.4. The van der Waals surface area contributed by atoms with Crippen molar-refractivity contribution in [1.82, 2.24) is 4.73 Å². The second-order valence-electron chi connectivity index (χ2n) is 9.94. The Kier molecular flexibility index (Phi) is 6.62. The van der Waals surface area contributed by atoms with Gasteiger partial charge in [-0.25, -0.2) is 4.79 Å². The Morgan fingerprint density at radius 3 is 2.66 bits per heavy atom. The van der Waals surface area contributed by atoms with Crippen LogP contribution in [0.5, 0.6) is 34.8 Å². The number of aromatic hydroxyl groups is 2. The minimum absolute atomic E-state index is 0.216. The van der Waals surface area contributed by atoms with Crippen LogP contribution in [0.1, 0.15) is 35.1 Å². The molecule has 0 bridgehead atoms. The van der Waals surface area contributed by atoms with Gasteiger partial charge in [-0.3, -0.25) is 0 Å². The fourth-order valence-electron chi connectivity index (χ4n) is 5.27. The summed E-state index contributed by atoms with van der Waals surface area (Å²) in [5.41, 5.74) is 4.06. The lowest BCUT2D eigenvalue weighted by Crippen LogP contribution is -2.33. The minimum Gasteiger partial charge on any atom is -0.496 e. The van der Waals surface area contributed by atoms with E-state index >= 15 is 0 Å². The molecule has 12 nitrogen and oxygen atoms in total. The van der Waals surface area contributed by atoms with Gasteiger partial charge >= 0.3 is 5.97 Å². The van der Waals surface area contributed by atoms with Crippen LogP contribution in [0.3, 0.4) is 0 Å². The number of carbonyl (C=O) groups is 1. The lowest BCUT2D eigenvalue weighted by atomic mass is 9.83. The average molecular weight is 565 g/mol. The number of fused-ring (bicyclic) bond motifs is 4. The normalized spacial score (nSPS) is 20.0. The van der Waals surface area contributed by atoms with Crippen molar-refractivity contribution in [3.05, 3.63) is 70.8 Å². The topological polar surface area (TPSA) is 150 Å².